The van der Waals surface area contributed by atoms with Crippen LogP contribution in [0.2, 0.25) is 0 Å². The van der Waals surface area contributed by atoms with Crippen LogP contribution in [0, 0.1) is 6.07 Å². The molecule has 47 valence electrons. The van der Waals surface area contributed by atoms with Crippen LogP contribution in [0.1, 0.15) is 15.9 Å². The lowest BCUT2D eigenvalue weighted by molar-refractivity contribution is 0.101. The normalized spacial score (nSPS) is 13.8. The zero-order chi connectivity index (χ0) is 6.97. The van der Waals surface area contributed by atoms with Gasteiger partial charge < -0.3 is 0 Å². The van der Waals surface area contributed by atoms with Crippen molar-refractivity contribution in [3.05, 3.63) is 35.4 Å². The summed E-state index contributed by atoms with van der Waals surface area (Å²) in [5, 5.41) is 0. The molecule has 0 fully saturated rings. The van der Waals surface area contributed by atoms with Crippen LogP contribution in [0.3, 0.4) is 0 Å². The first-order valence-corrected chi connectivity index (χ1v) is 2.97. The fourth-order valence-corrected chi connectivity index (χ4v) is 0.935. The van der Waals surface area contributed by atoms with Crippen LogP contribution in [-0.2, 0) is 0 Å². The summed E-state index contributed by atoms with van der Waals surface area (Å²) in [6, 6.07) is 8.22. The maximum atomic E-state index is 10.8. The third kappa shape index (κ3) is 0.589. The van der Waals surface area contributed by atoms with E-state index in [0.29, 0.717) is 5.56 Å². The zero-order valence-electron chi connectivity index (χ0n) is 5.16. The second kappa shape index (κ2) is 1.77. The van der Waals surface area contributed by atoms with Crippen molar-refractivity contribution in [3.8, 4) is 0 Å². The summed E-state index contributed by atoms with van der Waals surface area (Å²) in [6.07, 6.45) is 1.56. The molecule has 1 aromatic rings. The van der Waals surface area contributed by atoms with Gasteiger partial charge in [-0.05, 0) is 6.07 Å². The van der Waals surface area contributed by atoms with Gasteiger partial charge in [0.1, 0.15) is 0 Å². The molecule has 0 aliphatic carbocycles. The second-order valence-electron chi connectivity index (χ2n) is 2.06. The number of rotatable bonds is 0. The number of benzene rings is 1. The van der Waals surface area contributed by atoms with Gasteiger partial charge in [-0.15, -0.1) is 0 Å². The average molecular weight is 130 g/mol. The third-order valence-electron chi connectivity index (χ3n) is 1.42. The summed E-state index contributed by atoms with van der Waals surface area (Å²) in [7, 11) is 0. The van der Waals surface area contributed by atoms with Crippen molar-refractivity contribution < 1.29 is 4.79 Å². The summed E-state index contributed by atoms with van der Waals surface area (Å²) in [5.41, 5.74) is 1.45. The summed E-state index contributed by atoms with van der Waals surface area (Å²) >= 11 is 0. The highest BCUT2D eigenvalue weighted by Crippen LogP contribution is 2.11. The molecule has 1 radical (unpaired) electrons. The van der Waals surface area contributed by atoms with Crippen LogP contribution < -0.4 is 0 Å². The second-order valence-corrected chi connectivity index (χ2v) is 2.06. The molecule has 1 heterocycles. The molecule has 1 amide bonds. The highest BCUT2D eigenvalue weighted by molar-refractivity contribution is 6.12. The molecule has 2 rings (SSSR count). The molecule has 0 saturated heterocycles. The summed E-state index contributed by atoms with van der Waals surface area (Å²) in [4.78, 5) is 14.4. The molecule has 0 saturated carbocycles. The number of fused-ring (bicyclic) bond motifs is 1. The van der Waals surface area contributed by atoms with E-state index in [2.05, 4.69) is 11.1 Å². The zero-order valence-corrected chi connectivity index (χ0v) is 5.16. The lowest BCUT2D eigenvalue weighted by atomic mass is 10.1. The van der Waals surface area contributed by atoms with Crippen molar-refractivity contribution in [1.29, 1.82) is 0 Å². The van der Waals surface area contributed by atoms with Crippen LogP contribution >= 0.6 is 0 Å². The van der Waals surface area contributed by atoms with E-state index in [1.165, 1.54) is 0 Å². The Hall–Kier alpha value is -1.44. The fraction of sp³-hybridized carbons (Fsp3) is 0. The molecule has 2 nitrogen and oxygen atoms in total. The van der Waals surface area contributed by atoms with E-state index >= 15 is 0 Å². The Balaban J connectivity index is 2.70. The molecule has 0 unspecified atom stereocenters. The highest BCUT2D eigenvalue weighted by atomic mass is 16.1. The van der Waals surface area contributed by atoms with Gasteiger partial charge in [0.25, 0.3) is 5.91 Å². The molecule has 2 heteroatoms. The number of nitrogens with zero attached hydrogens (tertiary/aromatic N) is 1. The van der Waals surface area contributed by atoms with Gasteiger partial charge in [0.15, 0.2) is 0 Å². The fourth-order valence-electron chi connectivity index (χ4n) is 0.935. The summed E-state index contributed by atoms with van der Waals surface area (Å²) in [6.45, 7) is 0. The van der Waals surface area contributed by atoms with E-state index in [-0.39, 0.29) is 5.91 Å². The van der Waals surface area contributed by atoms with Gasteiger partial charge in [0.2, 0.25) is 0 Å². The van der Waals surface area contributed by atoms with Crippen molar-refractivity contribution in [3.63, 3.8) is 0 Å². The predicted molar refractivity (Wildman–Crippen MR) is 37.2 cm³/mol. The van der Waals surface area contributed by atoms with Crippen LogP contribution in [0.4, 0.5) is 0 Å². The maximum Gasteiger partial charge on any atom is 0.278 e. The molecular weight excluding hydrogens is 126 g/mol. The van der Waals surface area contributed by atoms with Crippen LogP contribution in [0.25, 0.3) is 0 Å². The maximum absolute atomic E-state index is 10.8. The Morgan fingerprint density at radius 3 is 3.20 bits per heavy atom. The molecule has 10 heavy (non-hydrogen) atoms. The molecule has 0 N–H and O–H groups in total. The predicted octanol–water partition coefficient (Wildman–Crippen LogP) is 1.06. The molecule has 0 aromatic heterocycles. The topological polar surface area (TPSA) is 29.4 Å². The number of amides is 1. The molecule has 0 bridgehead atoms. The molecule has 1 aliphatic heterocycles. The first-order chi connectivity index (χ1) is 4.88. The SMILES string of the molecule is O=C1N=Cc2ccc[c]c21. The van der Waals surface area contributed by atoms with E-state index in [1.807, 2.05) is 12.1 Å². The van der Waals surface area contributed by atoms with Gasteiger partial charge in [-0.1, -0.05) is 18.2 Å². The van der Waals surface area contributed by atoms with Gasteiger partial charge in [-0.3, -0.25) is 4.79 Å². The van der Waals surface area contributed by atoms with Gasteiger partial charge >= 0.3 is 0 Å². The molecule has 1 aliphatic rings. The molecule has 1 aromatic carbocycles. The number of hydrogen-bond acceptors (Lipinski definition) is 1. The lowest BCUT2D eigenvalue weighted by Crippen LogP contribution is -1.89. The lowest BCUT2D eigenvalue weighted by Gasteiger charge is -1.89. The Bertz CT molecular complexity index is 315. The van der Waals surface area contributed by atoms with Gasteiger partial charge in [-0.2, -0.15) is 0 Å². The van der Waals surface area contributed by atoms with E-state index in [1.54, 1.807) is 12.3 Å². The number of carbonyl (C=O) groups is 1. The van der Waals surface area contributed by atoms with E-state index in [0.717, 1.165) is 5.56 Å². The van der Waals surface area contributed by atoms with Crippen molar-refractivity contribution in [2.24, 2.45) is 4.99 Å². The van der Waals surface area contributed by atoms with E-state index in [4.69, 9.17) is 0 Å². The minimum atomic E-state index is -0.185. The van der Waals surface area contributed by atoms with E-state index < -0.39 is 0 Å². The van der Waals surface area contributed by atoms with Crippen LogP contribution in [0.15, 0.2) is 23.2 Å². The average Bonchev–Trinajstić information content (AvgIpc) is 2.34. The van der Waals surface area contributed by atoms with Crippen LogP contribution in [0.5, 0.6) is 0 Å². The number of hydrogen-bond donors (Lipinski definition) is 0. The minimum Gasteiger partial charge on any atom is -0.267 e. The third-order valence-corrected chi connectivity index (χ3v) is 1.42. The summed E-state index contributed by atoms with van der Waals surface area (Å²) < 4.78 is 0. The Labute approximate surface area is 58.2 Å². The Morgan fingerprint density at radius 2 is 2.40 bits per heavy atom. The van der Waals surface area contributed by atoms with Gasteiger partial charge in [0.05, 0.1) is 5.56 Å². The van der Waals surface area contributed by atoms with Crippen molar-refractivity contribution in [1.82, 2.24) is 0 Å². The molecular formula is C8H4NO. The number of aliphatic imine (C=N–C) groups is 1. The quantitative estimate of drug-likeness (QED) is 0.516. The summed E-state index contributed by atoms with van der Waals surface area (Å²) in [5.74, 6) is -0.185. The van der Waals surface area contributed by atoms with E-state index in [9.17, 15) is 4.79 Å². The standard InChI is InChI=1S/C8H4NO/c10-8-7-4-2-1-3-6(7)5-9-8/h1-3,5H. The number of carbonyl (C=O) groups excluding carboxylic acids is 1. The molecule has 0 atom stereocenters. The van der Waals surface area contributed by atoms with Gasteiger partial charge in [0, 0.05) is 11.8 Å². The highest BCUT2D eigenvalue weighted by Gasteiger charge is 2.12. The first-order valence-electron chi connectivity index (χ1n) is 2.97. The smallest absolute Gasteiger partial charge is 0.267 e. The minimum absolute atomic E-state index is 0.185. The van der Waals surface area contributed by atoms with Gasteiger partial charge in [-0.25, -0.2) is 4.99 Å². The Morgan fingerprint density at radius 1 is 1.50 bits per heavy atom. The Kier molecular flexibility index (Phi) is 0.947. The largest absolute Gasteiger partial charge is 0.278 e. The van der Waals surface area contributed by atoms with Crippen molar-refractivity contribution in [2.45, 2.75) is 0 Å². The first kappa shape index (κ1) is 5.35. The van der Waals surface area contributed by atoms with Crippen molar-refractivity contribution >= 4 is 12.1 Å². The van der Waals surface area contributed by atoms with Crippen LogP contribution in [-0.4, -0.2) is 12.1 Å². The molecule has 0 spiro atoms. The van der Waals surface area contributed by atoms with Crippen molar-refractivity contribution in [2.75, 3.05) is 0 Å². The monoisotopic (exact) mass is 130 g/mol.